The summed E-state index contributed by atoms with van der Waals surface area (Å²) in [5, 5.41) is 0. The molecule has 1 rings (SSSR count). The molecule has 0 aliphatic carbocycles. The Morgan fingerprint density at radius 2 is 1.86 bits per heavy atom. The van der Waals surface area contributed by atoms with Gasteiger partial charge in [0.05, 0.1) is 0 Å². The second kappa shape index (κ2) is 4.93. The number of halogens is 3. The third kappa shape index (κ3) is 3.79. The molecule has 0 radical (unpaired) electrons. The number of ketones is 1. The summed E-state index contributed by atoms with van der Waals surface area (Å²) in [5.74, 6) is 0.122. The first-order valence-corrected chi connectivity index (χ1v) is 5.72. The Morgan fingerprint density at radius 3 is 2.36 bits per heavy atom. The normalized spacial score (nSPS) is 17.8. The molecular formula is C8H7F3OS2. The molecule has 1 nitrogen and oxygen atoms in total. The van der Waals surface area contributed by atoms with Gasteiger partial charge in [0.1, 0.15) is 0 Å². The molecule has 78 valence electrons. The van der Waals surface area contributed by atoms with E-state index in [1.165, 1.54) is 6.08 Å². The lowest BCUT2D eigenvalue weighted by atomic mass is 10.3. The summed E-state index contributed by atoms with van der Waals surface area (Å²) < 4.78 is 36.1. The zero-order valence-electron chi connectivity index (χ0n) is 7.00. The standard InChI is InChI=1S/C8H7F3OS2/c9-8(10,11)6(12)2-1-3-7-13-4-5-14-7/h1-3H,4-5H2/b2-1+. The quantitative estimate of drug-likeness (QED) is 0.691. The molecule has 1 aliphatic rings. The predicted molar refractivity (Wildman–Crippen MR) is 53.2 cm³/mol. The largest absolute Gasteiger partial charge is 0.454 e. The molecular weight excluding hydrogens is 233 g/mol. The van der Waals surface area contributed by atoms with Crippen molar-refractivity contribution in [3.63, 3.8) is 0 Å². The van der Waals surface area contributed by atoms with Gasteiger partial charge in [0.25, 0.3) is 5.78 Å². The molecule has 1 heterocycles. The van der Waals surface area contributed by atoms with Gasteiger partial charge in [-0.2, -0.15) is 13.2 Å². The van der Waals surface area contributed by atoms with Crippen LogP contribution in [0.1, 0.15) is 0 Å². The van der Waals surface area contributed by atoms with Gasteiger partial charge in [-0.25, -0.2) is 0 Å². The SMILES string of the molecule is O=C(/C=C/C=C1SCCS1)C(F)(F)F. The zero-order valence-corrected chi connectivity index (χ0v) is 8.64. The number of allylic oxidation sites excluding steroid dienone is 3. The number of carbonyl (C=O) groups excluding carboxylic acids is 1. The number of hydrogen-bond acceptors (Lipinski definition) is 3. The zero-order chi connectivity index (χ0) is 10.6. The number of alkyl halides is 3. The second-order valence-corrected chi connectivity index (χ2v) is 4.94. The van der Waals surface area contributed by atoms with Gasteiger partial charge < -0.3 is 0 Å². The molecule has 0 N–H and O–H groups in total. The van der Waals surface area contributed by atoms with Crippen LogP contribution < -0.4 is 0 Å². The Balaban J connectivity index is 2.48. The molecule has 1 aliphatic heterocycles. The van der Waals surface area contributed by atoms with Crippen LogP contribution >= 0.6 is 23.5 Å². The van der Waals surface area contributed by atoms with E-state index in [9.17, 15) is 18.0 Å². The third-order valence-corrected chi connectivity index (χ3v) is 3.95. The minimum atomic E-state index is -4.76. The molecule has 0 spiro atoms. The highest BCUT2D eigenvalue weighted by molar-refractivity contribution is 8.25. The smallest absolute Gasteiger partial charge is 0.285 e. The maximum absolute atomic E-state index is 11.7. The van der Waals surface area contributed by atoms with Crippen molar-refractivity contribution in [3.05, 3.63) is 22.5 Å². The van der Waals surface area contributed by atoms with E-state index in [0.29, 0.717) is 6.08 Å². The summed E-state index contributed by atoms with van der Waals surface area (Å²) in [6, 6.07) is 0. The summed E-state index contributed by atoms with van der Waals surface area (Å²) in [4.78, 5) is 10.4. The fraction of sp³-hybridized carbons (Fsp3) is 0.375. The molecule has 6 heteroatoms. The van der Waals surface area contributed by atoms with Crippen LogP contribution in [0.4, 0.5) is 13.2 Å². The Morgan fingerprint density at radius 1 is 1.29 bits per heavy atom. The van der Waals surface area contributed by atoms with Crippen LogP contribution in [0.2, 0.25) is 0 Å². The van der Waals surface area contributed by atoms with E-state index in [1.807, 2.05) is 0 Å². The van der Waals surface area contributed by atoms with Gasteiger partial charge >= 0.3 is 6.18 Å². The van der Waals surface area contributed by atoms with Gasteiger partial charge in [-0.1, -0.05) is 6.08 Å². The van der Waals surface area contributed by atoms with Crippen molar-refractivity contribution in [2.24, 2.45) is 0 Å². The average Bonchev–Trinajstić information content (AvgIpc) is 2.55. The van der Waals surface area contributed by atoms with E-state index < -0.39 is 12.0 Å². The first-order valence-electron chi connectivity index (χ1n) is 3.75. The van der Waals surface area contributed by atoms with E-state index in [4.69, 9.17) is 0 Å². The summed E-state index contributed by atoms with van der Waals surface area (Å²) in [5.41, 5.74) is 0. The van der Waals surface area contributed by atoms with Crippen molar-refractivity contribution in [3.8, 4) is 0 Å². The van der Waals surface area contributed by atoms with Crippen LogP contribution in [-0.2, 0) is 4.79 Å². The molecule has 0 aromatic carbocycles. The first kappa shape index (κ1) is 11.7. The second-order valence-electron chi connectivity index (χ2n) is 2.40. The molecule has 0 unspecified atom stereocenters. The van der Waals surface area contributed by atoms with Crippen LogP contribution in [0.15, 0.2) is 22.5 Å². The van der Waals surface area contributed by atoms with Crippen molar-refractivity contribution in [1.29, 1.82) is 0 Å². The molecule has 0 atom stereocenters. The van der Waals surface area contributed by atoms with Crippen LogP contribution in [0.3, 0.4) is 0 Å². The molecule has 14 heavy (non-hydrogen) atoms. The monoisotopic (exact) mass is 240 g/mol. The fourth-order valence-corrected chi connectivity index (χ4v) is 2.98. The van der Waals surface area contributed by atoms with Crippen molar-refractivity contribution >= 4 is 29.3 Å². The highest BCUT2D eigenvalue weighted by atomic mass is 32.2. The lowest BCUT2D eigenvalue weighted by Crippen LogP contribution is -2.19. The summed E-state index contributed by atoms with van der Waals surface area (Å²) in [7, 11) is 0. The Bertz CT molecular complexity index is 273. The maximum atomic E-state index is 11.7. The third-order valence-electron chi connectivity index (χ3n) is 1.33. The van der Waals surface area contributed by atoms with E-state index in [0.717, 1.165) is 21.8 Å². The van der Waals surface area contributed by atoms with E-state index >= 15 is 0 Å². The lowest BCUT2D eigenvalue weighted by molar-refractivity contribution is -0.165. The van der Waals surface area contributed by atoms with Crippen LogP contribution in [0.5, 0.6) is 0 Å². The van der Waals surface area contributed by atoms with Gasteiger partial charge in [0.15, 0.2) is 0 Å². The Kier molecular flexibility index (Phi) is 4.12. The van der Waals surface area contributed by atoms with Crippen molar-refractivity contribution in [2.75, 3.05) is 11.5 Å². The molecule has 0 aromatic rings. The van der Waals surface area contributed by atoms with Crippen molar-refractivity contribution in [2.45, 2.75) is 6.18 Å². The number of carbonyl (C=O) groups is 1. The predicted octanol–water partition coefficient (Wildman–Crippen LogP) is 3.00. The number of hydrogen-bond donors (Lipinski definition) is 0. The van der Waals surface area contributed by atoms with Gasteiger partial charge in [0.2, 0.25) is 0 Å². The van der Waals surface area contributed by atoms with Gasteiger partial charge in [0, 0.05) is 15.7 Å². The van der Waals surface area contributed by atoms with Crippen LogP contribution in [-0.4, -0.2) is 23.5 Å². The minimum Gasteiger partial charge on any atom is -0.285 e. The highest BCUT2D eigenvalue weighted by Crippen LogP contribution is 2.35. The van der Waals surface area contributed by atoms with Crippen molar-refractivity contribution < 1.29 is 18.0 Å². The molecule has 0 aromatic heterocycles. The molecule has 1 fully saturated rings. The average molecular weight is 240 g/mol. The molecule has 0 bridgehead atoms. The lowest BCUT2D eigenvalue weighted by Gasteiger charge is -1.98. The molecule has 0 saturated carbocycles. The van der Waals surface area contributed by atoms with E-state index in [-0.39, 0.29) is 0 Å². The maximum Gasteiger partial charge on any atom is 0.454 e. The Labute approximate surface area is 87.8 Å². The van der Waals surface area contributed by atoms with Gasteiger partial charge in [-0.05, 0) is 12.2 Å². The number of rotatable bonds is 2. The van der Waals surface area contributed by atoms with Crippen LogP contribution in [0, 0.1) is 0 Å². The summed E-state index contributed by atoms with van der Waals surface area (Å²) in [6.07, 6.45) is -1.53. The van der Waals surface area contributed by atoms with Gasteiger partial charge in [-0.3, -0.25) is 4.79 Å². The highest BCUT2D eigenvalue weighted by Gasteiger charge is 2.35. The molecule has 1 saturated heterocycles. The first-order chi connectivity index (χ1) is 6.50. The fourth-order valence-electron chi connectivity index (χ4n) is 0.731. The van der Waals surface area contributed by atoms with Crippen LogP contribution in [0.25, 0.3) is 0 Å². The van der Waals surface area contributed by atoms with Crippen molar-refractivity contribution in [1.82, 2.24) is 0 Å². The number of thioether (sulfide) groups is 2. The van der Waals surface area contributed by atoms with Gasteiger partial charge in [-0.15, -0.1) is 23.5 Å². The van der Waals surface area contributed by atoms with E-state index in [1.54, 1.807) is 23.5 Å². The topological polar surface area (TPSA) is 17.1 Å². The Hall–Kier alpha value is -0.360. The summed E-state index contributed by atoms with van der Waals surface area (Å²) >= 11 is 3.16. The summed E-state index contributed by atoms with van der Waals surface area (Å²) in [6.45, 7) is 0. The molecule has 0 amide bonds. The minimum absolute atomic E-state index is 0.548. The van der Waals surface area contributed by atoms with E-state index in [2.05, 4.69) is 0 Å².